The zero-order chi connectivity index (χ0) is 10.8. The molecule has 1 N–H and O–H groups in total. The summed E-state index contributed by atoms with van der Waals surface area (Å²) < 4.78 is 0. The Bertz CT molecular complexity index is 308. The molecule has 0 bridgehead atoms. The van der Waals surface area contributed by atoms with Crippen LogP contribution in [0.5, 0.6) is 0 Å². The molecule has 1 saturated heterocycles. The van der Waals surface area contributed by atoms with Crippen molar-refractivity contribution < 1.29 is 14.4 Å². The fourth-order valence-electron chi connectivity index (χ4n) is 2.22. The number of imide groups is 1. The molecule has 15 heavy (non-hydrogen) atoms. The summed E-state index contributed by atoms with van der Waals surface area (Å²) in [4.78, 5) is 35.1. The minimum absolute atomic E-state index is 0.0463. The van der Waals surface area contributed by atoms with Crippen LogP contribution in [-0.2, 0) is 9.59 Å². The molecule has 3 amide bonds. The number of nitrogens with zero attached hydrogens (tertiary/aromatic N) is 1. The van der Waals surface area contributed by atoms with E-state index >= 15 is 0 Å². The molecule has 1 heterocycles. The van der Waals surface area contributed by atoms with Crippen LogP contribution in [0.3, 0.4) is 0 Å². The second kappa shape index (κ2) is 4.00. The Kier molecular flexibility index (Phi) is 2.70. The summed E-state index contributed by atoms with van der Waals surface area (Å²) in [7, 11) is 0. The summed E-state index contributed by atoms with van der Waals surface area (Å²) in [5.74, 6) is -1.28. The number of carbonyl (C=O) groups is 3. The molecule has 0 aromatic rings. The van der Waals surface area contributed by atoms with E-state index in [9.17, 15) is 14.4 Å². The van der Waals surface area contributed by atoms with Crippen molar-refractivity contribution in [1.29, 1.82) is 0 Å². The third kappa shape index (κ3) is 2.00. The summed E-state index contributed by atoms with van der Waals surface area (Å²) in [6.07, 6.45) is 5.26. The molecule has 0 aromatic heterocycles. The van der Waals surface area contributed by atoms with Crippen LogP contribution < -0.4 is 5.32 Å². The number of hydrogen-bond donors (Lipinski definition) is 1. The quantitative estimate of drug-likeness (QED) is 0.638. The summed E-state index contributed by atoms with van der Waals surface area (Å²) in [5, 5.41) is 2.07. The van der Waals surface area contributed by atoms with E-state index < -0.39 is 17.7 Å². The molecule has 1 aliphatic heterocycles. The van der Waals surface area contributed by atoms with Crippen LogP contribution in [0.4, 0.5) is 4.79 Å². The van der Waals surface area contributed by atoms with Crippen LogP contribution in [0.1, 0.15) is 32.1 Å². The van der Waals surface area contributed by atoms with Gasteiger partial charge in [-0.05, 0) is 12.8 Å². The van der Waals surface area contributed by atoms with Crippen molar-refractivity contribution in [2.45, 2.75) is 38.1 Å². The van der Waals surface area contributed by atoms with Crippen LogP contribution in [0.15, 0.2) is 0 Å². The standard InChI is InChI=1S/C10H14N2O3/c13-8-6-12(10(15)11-9(8)14)7-4-2-1-3-5-7/h7H,1-6H2,(H,11,14,15). The van der Waals surface area contributed by atoms with Crippen LogP contribution in [-0.4, -0.2) is 35.2 Å². The Balaban J connectivity index is 2.04. The third-order valence-corrected chi connectivity index (χ3v) is 3.06. The summed E-state index contributed by atoms with van der Waals surface area (Å²) in [5.41, 5.74) is 0. The maximum Gasteiger partial charge on any atom is 0.325 e. The Morgan fingerprint density at radius 2 is 1.73 bits per heavy atom. The fraction of sp³-hybridized carbons (Fsp3) is 0.700. The minimum Gasteiger partial charge on any atom is -0.314 e. The minimum atomic E-state index is -0.771. The van der Waals surface area contributed by atoms with Crippen molar-refractivity contribution >= 4 is 17.7 Å². The first kappa shape index (κ1) is 10.1. The van der Waals surface area contributed by atoms with Gasteiger partial charge >= 0.3 is 6.03 Å². The Morgan fingerprint density at radius 3 is 2.40 bits per heavy atom. The zero-order valence-electron chi connectivity index (χ0n) is 8.49. The van der Waals surface area contributed by atoms with Gasteiger partial charge < -0.3 is 4.90 Å². The zero-order valence-corrected chi connectivity index (χ0v) is 8.49. The largest absolute Gasteiger partial charge is 0.325 e. The van der Waals surface area contributed by atoms with Crippen LogP contribution in [0.2, 0.25) is 0 Å². The average molecular weight is 210 g/mol. The molecule has 1 aliphatic carbocycles. The number of ketones is 1. The van der Waals surface area contributed by atoms with Gasteiger partial charge in [0.25, 0.3) is 5.91 Å². The predicted octanol–water partition coefficient (Wildman–Crippen LogP) is 0.440. The second-order valence-electron chi connectivity index (χ2n) is 4.10. The lowest BCUT2D eigenvalue weighted by Crippen LogP contribution is -2.58. The van der Waals surface area contributed by atoms with E-state index in [-0.39, 0.29) is 12.6 Å². The molecule has 2 rings (SSSR count). The first-order valence-electron chi connectivity index (χ1n) is 5.33. The van der Waals surface area contributed by atoms with E-state index in [4.69, 9.17) is 0 Å². The van der Waals surface area contributed by atoms with Gasteiger partial charge in [-0.15, -0.1) is 0 Å². The average Bonchev–Trinajstić information content (AvgIpc) is 2.25. The third-order valence-electron chi connectivity index (χ3n) is 3.06. The predicted molar refractivity (Wildman–Crippen MR) is 52.1 cm³/mol. The molecule has 2 fully saturated rings. The first-order valence-corrected chi connectivity index (χ1v) is 5.33. The number of urea groups is 1. The van der Waals surface area contributed by atoms with E-state index in [1.807, 2.05) is 0 Å². The molecule has 0 radical (unpaired) electrons. The van der Waals surface area contributed by atoms with E-state index in [0.29, 0.717) is 0 Å². The molecule has 1 saturated carbocycles. The molecule has 0 aromatic carbocycles. The molecular formula is C10H14N2O3. The van der Waals surface area contributed by atoms with Gasteiger partial charge in [0.05, 0.1) is 6.54 Å². The van der Waals surface area contributed by atoms with E-state index in [1.165, 1.54) is 11.3 Å². The van der Waals surface area contributed by atoms with Crippen molar-refractivity contribution in [1.82, 2.24) is 10.2 Å². The van der Waals surface area contributed by atoms with Gasteiger partial charge in [0, 0.05) is 6.04 Å². The molecule has 0 unspecified atom stereocenters. The molecule has 5 nitrogen and oxygen atoms in total. The van der Waals surface area contributed by atoms with Crippen LogP contribution >= 0.6 is 0 Å². The van der Waals surface area contributed by atoms with Crippen molar-refractivity contribution in [3.63, 3.8) is 0 Å². The highest BCUT2D eigenvalue weighted by molar-refractivity contribution is 6.41. The number of Topliss-reactive ketones (excluding diaryl/α,β-unsaturated/α-hetero) is 1. The molecule has 0 atom stereocenters. The monoisotopic (exact) mass is 210 g/mol. The lowest BCUT2D eigenvalue weighted by molar-refractivity contribution is -0.139. The first-order chi connectivity index (χ1) is 7.18. The molecule has 0 spiro atoms. The highest BCUT2D eigenvalue weighted by Gasteiger charge is 2.34. The van der Waals surface area contributed by atoms with Gasteiger partial charge in [-0.1, -0.05) is 19.3 Å². The van der Waals surface area contributed by atoms with Crippen molar-refractivity contribution in [2.24, 2.45) is 0 Å². The smallest absolute Gasteiger partial charge is 0.314 e. The van der Waals surface area contributed by atoms with Gasteiger partial charge in [-0.25, -0.2) is 4.79 Å². The Hall–Kier alpha value is -1.39. The lowest BCUT2D eigenvalue weighted by Gasteiger charge is -2.35. The maximum atomic E-state index is 11.5. The summed E-state index contributed by atoms with van der Waals surface area (Å²) >= 11 is 0. The number of hydrogen-bond acceptors (Lipinski definition) is 3. The van der Waals surface area contributed by atoms with Gasteiger partial charge in [0.1, 0.15) is 0 Å². The summed E-state index contributed by atoms with van der Waals surface area (Å²) in [6, 6.07) is -0.276. The maximum absolute atomic E-state index is 11.5. The normalized spacial score (nSPS) is 24.3. The number of amides is 3. The highest BCUT2D eigenvalue weighted by atomic mass is 16.2. The number of rotatable bonds is 1. The van der Waals surface area contributed by atoms with E-state index in [1.54, 1.807) is 0 Å². The van der Waals surface area contributed by atoms with Crippen LogP contribution in [0.25, 0.3) is 0 Å². The van der Waals surface area contributed by atoms with Crippen LogP contribution in [0, 0.1) is 0 Å². The lowest BCUT2D eigenvalue weighted by atomic mass is 9.94. The molecular weight excluding hydrogens is 196 g/mol. The molecule has 82 valence electrons. The van der Waals surface area contributed by atoms with E-state index in [0.717, 1.165) is 25.7 Å². The summed E-state index contributed by atoms with van der Waals surface area (Å²) in [6.45, 7) is -0.0463. The number of carbonyl (C=O) groups excluding carboxylic acids is 3. The van der Waals surface area contributed by atoms with Crippen molar-refractivity contribution in [3.8, 4) is 0 Å². The van der Waals surface area contributed by atoms with Gasteiger partial charge in [0.15, 0.2) is 0 Å². The van der Waals surface area contributed by atoms with Crippen molar-refractivity contribution in [3.05, 3.63) is 0 Å². The topological polar surface area (TPSA) is 66.5 Å². The molecule has 5 heteroatoms. The SMILES string of the molecule is O=C1CN(C2CCCCC2)C(=O)NC1=O. The Morgan fingerprint density at radius 1 is 1.07 bits per heavy atom. The van der Waals surface area contributed by atoms with E-state index in [2.05, 4.69) is 5.32 Å². The molecule has 2 aliphatic rings. The Labute approximate surface area is 87.8 Å². The number of nitrogens with one attached hydrogen (secondary N) is 1. The highest BCUT2D eigenvalue weighted by Crippen LogP contribution is 2.23. The van der Waals surface area contributed by atoms with Gasteiger partial charge in [-0.3, -0.25) is 14.9 Å². The van der Waals surface area contributed by atoms with Gasteiger partial charge in [-0.2, -0.15) is 0 Å². The second-order valence-corrected chi connectivity index (χ2v) is 4.10. The van der Waals surface area contributed by atoms with Crippen molar-refractivity contribution in [2.75, 3.05) is 6.54 Å². The van der Waals surface area contributed by atoms with Gasteiger partial charge in [0.2, 0.25) is 5.78 Å². The fourth-order valence-corrected chi connectivity index (χ4v) is 2.22.